The number of hydrogen-bond donors (Lipinski definition) is 1. The van der Waals surface area contributed by atoms with Crippen LogP contribution in [-0.2, 0) is 28.5 Å². The number of halogens is 2. The Kier molecular flexibility index (Phi) is 6.14. The van der Waals surface area contributed by atoms with E-state index in [2.05, 4.69) is 19.7 Å². The Labute approximate surface area is 163 Å². The van der Waals surface area contributed by atoms with Crippen LogP contribution in [0, 0.1) is 11.6 Å². The maximum atomic E-state index is 14.3. The molecule has 4 nitrogen and oxygen atoms in total. The first-order valence-electron chi connectivity index (χ1n) is 8.32. The van der Waals surface area contributed by atoms with Crippen molar-refractivity contribution in [3.63, 3.8) is 0 Å². The van der Waals surface area contributed by atoms with Gasteiger partial charge in [0.15, 0.2) is 0 Å². The van der Waals surface area contributed by atoms with E-state index in [1.54, 1.807) is 12.3 Å². The van der Waals surface area contributed by atoms with Crippen LogP contribution in [0.3, 0.4) is 0 Å². The van der Waals surface area contributed by atoms with Gasteiger partial charge in [-0.25, -0.2) is 4.39 Å². The predicted molar refractivity (Wildman–Crippen MR) is 93.2 cm³/mol. The topological polar surface area (TPSA) is 47.0 Å². The Balaban J connectivity index is 1.95. The Hall–Kier alpha value is -2.08. The first-order chi connectivity index (χ1) is 12.6. The molecule has 1 aromatic carbocycles. The van der Waals surface area contributed by atoms with Crippen molar-refractivity contribution in [1.29, 1.82) is 0 Å². The SMILES string of the molecule is COc1cc(F)ccc1-c1cc(Nc2cc([CH2][Hg][CH3])ccn2)ncc1F. The molecule has 0 saturated heterocycles. The van der Waals surface area contributed by atoms with Crippen LogP contribution in [0.25, 0.3) is 11.1 Å². The average molecular weight is 542 g/mol. The molecule has 0 unspecified atom stereocenters. The molecule has 0 aliphatic rings. The fourth-order valence-electron chi connectivity index (χ4n) is 2.72. The zero-order chi connectivity index (χ0) is 18.5. The summed E-state index contributed by atoms with van der Waals surface area (Å²) in [7, 11) is 1.42. The standard InChI is InChI=1S/C18H14F2N3O.CH3.Hg/c1-11-5-6-21-17(7-11)23-18-9-14(15(20)10-22-18)13-4-3-12(19)8-16(13)24-2;;/h3-10H,1H2,2H3,(H,21,22,23);1H3;. The predicted octanol–water partition coefficient (Wildman–Crippen LogP) is 4.80. The van der Waals surface area contributed by atoms with E-state index in [1.165, 1.54) is 34.8 Å². The van der Waals surface area contributed by atoms with Crippen LogP contribution in [0.4, 0.5) is 20.4 Å². The first kappa shape index (κ1) is 18.7. The number of hydrogen-bond acceptors (Lipinski definition) is 4. The molecule has 3 aromatic rings. The Morgan fingerprint density at radius 2 is 1.85 bits per heavy atom. The number of pyridine rings is 2. The van der Waals surface area contributed by atoms with Gasteiger partial charge in [-0.15, -0.1) is 0 Å². The molecule has 0 aliphatic carbocycles. The zero-order valence-electron chi connectivity index (χ0n) is 14.6. The van der Waals surface area contributed by atoms with Crippen molar-refractivity contribution >= 4 is 11.6 Å². The Morgan fingerprint density at radius 1 is 1.04 bits per heavy atom. The minimum absolute atomic E-state index is 0.261. The van der Waals surface area contributed by atoms with Crippen LogP contribution in [-0.4, -0.2) is 17.1 Å². The van der Waals surface area contributed by atoms with Crippen molar-refractivity contribution in [3.05, 3.63) is 66.0 Å². The number of anilines is 2. The molecule has 0 spiro atoms. The molecule has 0 fully saturated rings. The van der Waals surface area contributed by atoms with E-state index in [1.807, 2.05) is 12.1 Å². The third kappa shape index (κ3) is 4.36. The van der Waals surface area contributed by atoms with Gasteiger partial charge in [-0.2, -0.15) is 0 Å². The van der Waals surface area contributed by atoms with E-state index < -0.39 is 36.2 Å². The molecule has 0 saturated carbocycles. The summed E-state index contributed by atoms with van der Waals surface area (Å²) in [5.41, 5.74) is 1.99. The van der Waals surface area contributed by atoms with Gasteiger partial charge in [0.2, 0.25) is 0 Å². The summed E-state index contributed by atoms with van der Waals surface area (Å²) in [5.74, 6) is 0.430. The van der Waals surface area contributed by atoms with Gasteiger partial charge in [-0.3, -0.25) is 0 Å². The molecule has 0 amide bonds. The fourth-order valence-corrected chi connectivity index (χ4v) is 6.17. The summed E-state index contributed by atoms with van der Waals surface area (Å²) in [4.78, 5) is 8.37. The summed E-state index contributed by atoms with van der Waals surface area (Å²) in [6.07, 6.45) is 2.89. The summed E-state index contributed by atoms with van der Waals surface area (Å²) in [6, 6.07) is 9.56. The first-order valence-corrected chi connectivity index (χ1v) is 17.7. The van der Waals surface area contributed by atoms with Gasteiger partial charge in [-0.1, -0.05) is 0 Å². The molecule has 2 aromatic heterocycles. The van der Waals surface area contributed by atoms with E-state index in [4.69, 9.17) is 4.74 Å². The number of nitrogens with zero attached hydrogens (tertiary/aromatic N) is 2. The molecule has 130 valence electrons. The third-order valence-electron chi connectivity index (χ3n) is 3.93. The van der Waals surface area contributed by atoms with Crippen LogP contribution in [0.15, 0.2) is 48.8 Å². The molecule has 7 heteroatoms. The number of methoxy groups -OCH3 is 1. The van der Waals surface area contributed by atoms with Crippen LogP contribution < -0.4 is 10.1 Å². The minimum atomic E-state index is -0.770. The van der Waals surface area contributed by atoms with Gasteiger partial charge in [0, 0.05) is 0 Å². The fraction of sp³-hybridized carbons (Fsp3) is 0.158. The number of aromatic nitrogens is 2. The third-order valence-corrected chi connectivity index (χ3v) is 8.12. The van der Waals surface area contributed by atoms with Gasteiger partial charge in [0.05, 0.1) is 0 Å². The second-order valence-electron chi connectivity index (χ2n) is 5.82. The maximum absolute atomic E-state index is 14.3. The molecule has 0 bridgehead atoms. The Morgan fingerprint density at radius 3 is 2.62 bits per heavy atom. The Bertz CT molecular complexity index is 921. The normalized spacial score (nSPS) is 10.3. The summed E-state index contributed by atoms with van der Waals surface area (Å²) in [6.45, 7) is 0. The number of nitrogens with one attached hydrogen (secondary N) is 1. The van der Waals surface area contributed by atoms with Crippen LogP contribution in [0.1, 0.15) is 5.56 Å². The van der Waals surface area contributed by atoms with Crippen LogP contribution in [0.5, 0.6) is 5.75 Å². The van der Waals surface area contributed by atoms with Crippen molar-refractivity contribution < 1.29 is 38.1 Å². The molecule has 0 atom stereocenters. The molecule has 3 rings (SSSR count). The number of ether oxygens (including phenoxy) is 1. The van der Waals surface area contributed by atoms with Crippen LogP contribution in [0.2, 0.25) is 4.43 Å². The van der Waals surface area contributed by atoms with Gasteiger partial charge in [0.25, 0.3) is 0 Å². The summed E-state index contributed by atoms with van der Waals surface area (Å²) < 4.78 is 36.4. The van der Waals surface area contributed by atoms with Crippen LogP contribution >= 0.6 is 0 Å². The molecule has 0 aliphatic heterocycles. The molecule has 26 heavy (non-hydrogen) atoms. The monoisotopic (exact) mass is 543 g/mol. The number of rotatable bonds is 6. The molecular weight excluding hydrogens is 525 g/mol. The van der Waals surface area contributed by atoms with Gasteiger partial charge in [0.1, 0.15) is 0 Å². The van der Waals surface area contributed by atoms with E-state index in [0.29, 0.717) is 17.2 Å². The molecule has 1 N–H and O–H groups in total. The van der Waals surface area contributed by atoms with E-state index in [-0.39, 0.29) is 11.3 Å². The zero-order valence-corrected chi connectivity index (χ0v) is 20.1. The van der Waals surface area contributed by atoms with Crippen molar-refractivity contribution in [2.75, 3.05) is 12.4 Å². The second kappa shape index (κ2) is 8.53. The van der Waals surface area contributed by atoms with Crippen molar-refractivity contribution in [2.24, 2.45) is 0 Å². The second-order valence-corrected chi connectivity index (χ2v) is 11.6. The van der Waals surface area contributed by atoms with Gasteiger partial charge < -0.3 is 0 Å². The molecular formula is C19H17F2HgN3O. The summed E-state index contributed by atoms with van der Waals surface area (Å²) >= 11 is -0.770. The van der Waals surface area contributed by atoms with E-state index >= 15 is 0 Å². The van der Waals surface area contributed by atoms with Crippen molar-refractivity contribution in [2.45, 2.75) is 8.36 Å². The number of benzene rings is 1. The molecule has 2 heterocycles. The van der Waals surface area contributed by atoms with Gasteiger partial charge >= 0.3 is 159 Å². The summed E-state index contributed by atoms with van der Waals surface area (Å²) in [5, 5.41) is 3.11. The molecule has 0 radical (unpaired) electrons. The van der Waals surface area contributed by atoms with Gasteiger partial charge in [-0.05, 0) is 0 Å². The average Bonchev–Trinajstić information content (AvgIpc) is 2.64. The van der Waals surface area contributed by atoms with E-state index in [9.17, 15) is 8.78 Å². The van der Waals surface area contributed by atoms with Crippen molar-refractivity contribution in [3.8, 4) is 16.9 Å². The van der Waals surface area contributed by atoms with E-state index in [0.717, 1.165) is 6.20 Å². The van der Waals surface area contributed by atoms with Crippen molar-refractivity contribution in [1.82, 2.24) is 9.97 Å². The quantitative estimate of drug-likeness (QED) is 0.455.